The van der Waals surface area contributed by atoms with Crippen LogP contribution in [0.5, 0.6) is 0 Å². The first-order valence-corrected chi connectivity index (χ1v) is 8.53. The minimum Gasteiger partial charge on any atom is -0.345 e. The zero-order chi connectivity index (χ0) is 17.1. The Labute approximate surface area is 146 Å². The smallest absolute Gasteiger partial charge is 0.321 e. The lowest BCUT2D eigenvalue weighted by Crippen LogP contribution is -2.49. The van der Waals surface area contributed by atoms with E-state index in [1.54, 1.807) is 6.33 Å². The second-order valence-electron chi connectivity index (χ2n) is 6.31. The Morgan fingerprint density at radius 3 is 2.68 bits per heavy atom. The van der Waals surface area contributed by atoms with Crippen molar-refractivity contribution in [1.82, 2.24) is 19.8 Å². The van der Waals surface area contributed by atoms with Crippen LogP contribution in [0.4, 0.5) is 10.5 Å². The summed E-state index contributed by atoms with van der Waals surface area (Å²) in [6, 6.07) is 16.1. The molecule has 1 fully saturated rings. The SMILES string of the molecule is O=C(Nc1ccc2nc[nH]c2c1)N1CCN(Cc2ccccc2)CC1. The number of carbonyl (C=O) groups is 1. The zero-order valence-corrected chi connectivity index (χ0v) is 14.0. The lowest BCUT2D eigenvalue weighted by molar-refractivity contribution is 0.143. The summed E-state index contributed by atoms with van der Waals surface area (Å²) in [7, 11) is 0. The number of aromatic amines is 1. The van der Waals surface area contributed by atoms with Crippen molar-refractivity contribution in [3.63, 3.8) is 0 Å². The molecule has 2 heterocycles. The van der Waals surface area contributed by atoms with Crippen LogP contribution in [0.1, 0.15) is 5.56 Å². The van der Waals surface area contributed by atoms with Crippen LogP contribution < -0.4 is 5.32 Å². The van der Waals surface area contributed by atoms with E-state index in [1.165, 1.54) is 5.56 Å². The molecule has 0 aliphatic carbocycles. The molecule has 1 aromatic heterocycles. The second kappa shape index (κ2) is 6.94. The average molecular weight is 335 g/mol. The van der Waals surface area contributed by atoms with Gasteiger partial charge in [-0.1, -0.05) is 30.3 Å². The third-order valence-electron chi connectivity index (χ3n) is 4.58. The monoisotopic (exact) mass is 335 g/mol. The number of aromatic nitrogens is 2. The van der Waals surface area contributed by atoms with Gasteiger partial charge in [-0.3, -0.25) is 4.90 Å². The second-order valence-corrected chi connectivity index (χ2v) is 6.31. The van der Waals surface area contributed by atoms with Crippen molar-refractivity contribution >= 4 is 22.8 Å². The number of carbonyl (C=O) groups excluding carboxylic acids is 1. The third-order valence-corrected chi connectivity index (χ3v) is 4.58. The van der Waals surface area contributed by atoms with Gasteiger partial charge in [-0.05, 0) is 23.8 Å². The number of rotatable bonds is 3. The van der Waals surface area contributed by atoms with Crippen molar-refractivity contribution in [2.75, 3.05) is 31.5 Å². The highest BCUT2D eigenvalue weighted by Crippen LogP contribution is 2.16. The maximum Gasteiger partial charge on any atom is 0.321 e. The number of urea groups is 1. The number of nitrogens with one attached hydrogen (secondary N) is 2. The Balaban J connectivity index is 1.31. The fourth-order valence-corrected chi connectivity index (χ4v) is 3.17. The van der Waals surface area contributed by atoms with Gasteiger partial charge in [0.15, 0.2) is 0 Å². The predicted molar refractivity (Wildman–Crippen MR) is 98.4 cm³/mol. The first kappa shape index (κ1) is 15.7. The number of hydrogen-bond donors (Lipinski definition) is 2. The van der Waals surface area contributed by atoms with E-state index in [2.05, 4.69) is 44.5 Å². The van der Waals surface area contributed by atoms with Gasteiger partial charge in [0.25, 0.3) is 0 Å². The summed E-state index contributed by atoms with van der Waals surface area (Å²) in [6.07, 6.45) is 1.65. The number of piperazine rings is 1. The highest BCUT2D eigenvalue weighted by Gasteiger charge is 2.21. The summed E-state index contributed by atoms with van der Waals surface area (Å²) in [5.41, 5.74) is 3.92. The van der Waals surface area contributed by atoms with Crippen molar-refractivity contribution in [3.8, 4) is 0 Å². The van der Waals surface area contributed by atoms with Gasteiger partial charge in [-0.25, -0.2) is 9.78 Å². The lowest BCUT2D eigenvalue weighted by atomic mass is 10.2. The maximum absolute atomic E-state index is 12.5. The van der Waals surface area contributed by atoms with Crippen LogP contribution in [-0.4, -0.2) is 52.0 Å². The van der Waals surface area contributed by atoms with Crippen LogP contribution in [0.15, 0.2) is 54.9 Å². The molecule has 4 rings (SSSR count). The summed E-state index contributed by atoms with van der Waals surface area (Å²) in [5, 5.41) is 2.98. The molecule has 25 heavy (non-hydrogen) atoms. The molecular formula is C19H21N5O. The molecule has 0 spiro atoms. The highest BCUT2D eigenvalue weighted by molar-refractivity contribution is 5.91. The van der Waals surface area contributed by atoms with Gasteiger partial charge < -0.3 is 15.2 Å². The molecule has 2 amide bonds. The molecule has 3 aromatic rings. The summed E-state index contributed by atoms with van der Waals surface area (Å²) in [4.78, 5) is 24.0. The third kappa shape index (κ3) is 3.64. The van der Waals surface area contributed by atoms with E-state index in [0.717, 1.165) is 49.4 Å². The normalized spacial score (nSPS) is 15.4. The first-order valence-electron chi connectivity index (χ1n) is 8.53. The van der Waals surface area contributed by atoms with E-state index < -0.39 is 0 Å². The minimum atomic E-state index is -0.0433. The van der Waals surface area contributed by atoms with E-state index in [-0.39, 0.29) is 6.03 Å². The minimum absolute atomic E-state index is 0.0433. The lowest BCUT2D eigenvalue weighted by Gasteiger charge is -2.34. The Hall–Kier alpha value is -2.86. The van der Waals surface area contributed by atoms with Crippen molar-refractivity contribution < 1.29 is 4.79 Å². The van der Waals surface area contributed by atoms with E-state index >= 15 is 0 Å². The molecule has 0 unspecified atom stereocenters. The van der Waals surface area contributed by atoms with Gasteiger partial charge in [0.05, 0.1) is 17.4 Å². The van der Waals surface area contributed by atoms with E-state index in [9.17, 15) is 4.79 Å². The molecule has 0 bridgehead atoms. The van der Waals surface area contributed by atoms with Crippen LogP contribution in [0.2, 0.25) is 0 Å². The summed E-state index contributed by atoms with van der Waals surface area (Å²) < 4.78 is 0. The average Bonchev–Trinajstić information content (AvgIpc) is 3.11. The van der Waals surface area contributed by atoms with Gasteiger partial charge in [-0.15, -0.1) is 0 Å². The Kier molecular flexibility index (Phi) is 4.35. The topological polar surface area (TPSA) is 64.3 Å². The molecule has 2 aromatic carbocycles. The van der Waals surface area contributed by atoms with Crippen molar-refractivity contribution in [2.24, 2.45) is 0 Å². The molecule has 128 valence electrons. The zero-order valence-electron chi connectivity index (χ0n) is 14.0. The number of imidazole rings is 1. The summed E-state index contributed by atoms with van der Waals surface area (Å²) in [6.45, 7) is 4.20. The molecule has 0 radical (unpaired) electrons. The maximum atomic E-state index is 12.5. The molecular weight excluding hydrogens is 314 g/mol. The van der Waals surface area contributed by atoms with Crippen LogP contribution >= 0.6 is 0 Å². The molecule has 2 N–H and O–H groups in total. The molecule has 6 heteroatoms. The molecule has 1 aliphatic rings. The number of anilines is 1. The molecule has 0 atom stereocenters. The van der Waals surface area contributed by atoms with Gasteiger partial charge in [0, 0.05) is 38.4 Å². The van der Waals surface area contributed by atoms with Crippen LogP contribution in [0, 0.1) is 0 Å². The number of hydrogen-bond acceptors (Lipinski definition) is 3. The fraction of sp³-hybridized carbons (Fsp3) is 0.263. The number of nitrogens with zero attached hydrogens (tertiary/aromatic N) is 3. The largest absolute Gasteiger partial charge is 0.345 e. The van der Waals surface area contributed by atoms with E-state index in [1.807, 2.05) is 29.2 Å². The van der Waals surface area contributed by atoms with Crippen molar-refractivity contribution in [2.45, 2.75) is 6.54 Å². The highest BCUT2D eigenvalue weighted by atomic mass is 16.2. The predicted octanol–water partition coefficient (Wildman–Crippen LogP) is 2.91. The van der Waals surface area contributed by atoms with E-state index in [4.69, 9.17) is 0 Å². The van der Waals surface area contributed by atoms with Crippen LogP contribution in [0.25, 0.3) is 11.0 Å². The van der Waals surface area contributed by atoms with Crippen molar-refractivity contribution in [1.29, 1.82) is 0 Å². The number of H-pyrrole nitrogens is 1. The summed E-state index contributed by atoms with van der Waals surface area (Å²) >= 11 is 0. The number of amides is 2. The molecule has 0 saturated carbocycles. The number of benzene rings is 2. The van der Waals surface area contributed by atoms with Gasteiger partial charge in [0.2, 0.25) is 0 Å². The summed E-state index contributed by atoms with van der Waals surface area (Å²) in [5.74, 6) is 0. The van der Waals surface area contributed by atoms with Crippen molar-refractivity contribution in [3.05, 3.63) is 60.4 Å². The Morgan fingerprint density at radius 1 is 1.08 bits per heavy atom. The molecule has 1 saturated heterocycles. The van der Waals surface area contributed by atoms with Gasteiger partial charge in [0.1, 0.15) is 0 Å². The van der Waals surface area contributed by atoms with Crippen LogP contribution in [-0.2, 0) is 6.54 Å². The standard InChI is InChI=1S/C19H21N5O/c25-19(22-16-6-7-17-18(12-16)21-14-20-17)24-10-8-23(9-11-24)13-15-4-2-1-3-5-15/h1-7,12,14H,8-11,13H2,(H,20,21)(H,22,25). The first-order chi connectivity index (χ1) is 12.3. The fourth-order valence-electron chi connectivity index (χ4n) is 3.17. The van der Waals surface area contributed by atoms with Gasteiger partial charge >= 0.3 is 6.03 Å². The van der Waals surface area contributed by atoms with E-state index in [0.29, 0.717) is 0 Å². The van der Waals surface area contributed by atoms with Crippen LogP contribution in [0.3, 0.4) is 0 Å². The van der Waals surface area contributed by atoms with Gasteiger partial charge in [-0.2, -0.15) is 0 Å². The molecule has 1 aliphatic heterocycles. The molecule has 6 nitrogen and oxygen atoms in total. The Bertz CT molecular complexity index is 852. The Morgan fingerprint density at radius 2 is 1.88 bits per heavy atom. The quantitative estimate of drug-likeness (QED) is 0.773. The number of fused-ring (bicyclic) bond motifs is 1.